The summed E-state index contributed by atoms with van der Waals surface area (Å²) >= 11 is 3.33. The molecule has 0 aliphatic carbocycles. The Morgan fingerprint density at radius 1 is 0.514 bits per heavy atom. The Kier molecular flexibility index (Phi) is 18.3. The quantitative estimate of drug-likeness (QED) is 0.0872. The van der Waals surface area contributed by atoms with E-state index in [-0.39, 0.29) is 35.7 Å². The number of alkyl halides is 1. The molecule has 70 heavy (non-hydrogen) atoms. The Hall–Kier alpha value is -5.79. The van der Waals surface area contributed by atoms with Gasteiger partial charge in [0.25, 0.3) is 16.6 Å². The molecular formula is C53H71BrO14Si2. The van der Waals surface area contributed by atoms with Crippen molar-refractivity contribution in [3.05, 3.63) is 82.9 Å². The van der Waals surface area contributed by atoms with E-state index in [9.17, 15) is 9.59 Å². The predicted molar refractivity (Wildman–Crippen MR) is 284 cm³/mol. The summed E-state index contributed by atoms with van der Waals surface area (Å²) in [4.78, 5) is 25.6. The normalized spacial score (nSPS) is 14.6. The van der Waals surface area contributed by atoms with Crippen LogP contribution < -0.4 is 56.2 Å². The van der Waals surface area contributed by atoms with Crippen molar-refractivity contribution in [2.45, 2.75) is 90.2 Å². The SMILES string of the molecule is C.COc1ccc(C2=CC(=O)C(Br)Oc3c2cc(OC)c(OC)c3OC)cc1O[Si](C)(C)C(C)(C)C.COc1ccc(C2=CC(=O)COc3c2cc(OC)c(OC)c3OC)cc1O[Si](C)(C)C(C)(C)C. The molecule has 6 rings (SSSR count). The first-order valence-corrected chi connectivity index (χ1v) is 28.9. The van der Waals surface area contributed by atoms with E-state index in [2.05, 4.69) is 83.7 Å². The van der Waals surface area contributed by atoms with Gasteiger partial charge in [-0.05, 0) is 123 Å². The van der Waals surface area contributed by atoms with Gasteiger partial charge in [-0.2, -0.15) is 0 Å². The van der Waals surface area contributed by atoms with Crippen LogP contribution in [0.3, 0.4) is 0 Å². The molecule has 2 aliphatic heterocycles. The summed E-state index contributed by atoms with van der Waals surface area (Å²) in [7, 11) is 8.09. The van der Waals surface area contributed by atoms with Gasteiger partial charge in [-0.25, -0.2) is 0 Å². The molecule has 17 heteroatoms. The third-order valence-electron chi connectivity index (χ3n) is 12.8. The fraction of sp³-hybridized carbons (Fsp3) is 0.434. The maximum absolute atomic E-state index is 12.9. The van der Waals surface area contributed by atoms with Crippen molar-refractivity contribution in [2.75, 3.05) is 63.5 Å². The molecule has 1 unspecified atom stereocenters. The molecule has 1 atom stereocenters. The maximum Gasteiger partial charge on any atom is 0.250 e. The highest BCUT2D eigenvalue weighted by molar-refractivity contribution is 9.09. The van der Waals surface area contributed by atoms with E-state index in [1.54, 1.807) is 52.7 Å². The molecule has 0 bridgehead atoms. The Morgan fingerprint density at radius 3 is 1.29 bits per heavy atom. The van der Waals surface area contributed by atoms with E-state index in [0.717, 1.165) is 11.1 Å². The van der Waals surface area contributed by atoms with Crippen molar-refractivity contribution >= 4 is 55.3 Å². The van der Waals surface area contributed by atoms with Crippen LogP contribution in [-0.2, 0) is 9.59 Å². The van der Waals surface area contributed by atoms with Gasteiger partial charge in [-0.3, -0.25) is 9.59 Å². The van der Waals surface area contributed by atoms with Gasteiger partial charge in [0.2, 0.25) is 33.8 Å². The molecule has 14 nitrogen and oxygen atoms in total. The van der Waals surface area contributed by atoms with Crippen LogP contribution >= 0.6 is 15.9 Å². The molecular weight excluding hydrogens is 997 g/mol. The van der Waals surface area contributed by atoms with Crippen LogP contribution in [0.2, 0.25) is 36.3 Å². The van der Waals surface area contributed by atoms with Gasteiger partial charge in [0.05, 0.1) is 56.9 Å². The average molecular weight is 1070 g/mol. The minimum absolute atomic E-state index is 0. The maximum atomic E-state index is 12.9. The number of halogens is 1. The van der Waals surface area contributed by atoms with Gasteiger partial charge in [0.15, 0.2) is 46.9 Å². The summed E-state index contributed by atoms with van der Waals surface area (Å²) in [5.74, 6) is 5.26. The second-order valence-corrected chi connectivity index (χ2v) is 29.5. The zero-order valence-corrected chi connectivity index (χ0v) is 46.7. The van der Waals surface area contributed by atoms with Gasteiger partial charge in [-0.15, -0.1) is 0 Å². The fourth-order valence-corrected chi connectivity index (χ4v) is 9.32. The lowest BCUT2D eigenvalue weighted by Crippen LogP contribution is -2.43. The van der Waals surface area contributed by atoms with Crippen molar-refractivity contribution in [1.29, 1.82) is 0 Å². The molecule has 2 heterocycles. The van der Waals surface area contributed by atoms with Crippen molar-refractivity contribution in [2.24, 2.45) is 0 Å². The van der Waals surface area contributed by atoms with E-state index in [1.165, 1.54) is 28.4 Å². The number of ketones is 2. The van der Waals surface area contributed by atoms with Crippen molar-refractivity contribution < 1.29 is 65.8 Å². The summed E-state index contributed by atoms with van der Waals surface area (Å²) < 4.78 is 69.6. The van der Waals surface area contributed by atoms with Crippen molar-refractivity contribution in [1.82, 2.24) is 0 Å². The summed E-state index contributed by atoms with van der Waals surface area (Å²) in [6.07, 6.45) is 3.13. The number of rotatable bonds is 14. The third-order valence-corrected chi connectivity index (χ3v) is 22.2. The first-order chi connectivity index (χ1) is 32.3. The van der Waals surface area contributed by atoms with E-state index < -0.39 is 21.6 Å². The zero-order chi connectivity index (χ0) is 51.4. The summed E-state index contributed by atoms with van der Waals surface area (Å²) in [5.41, 5.74) is 4.12. The standard InChI is InChI=1S/C26H33BrO7Si.C26H34O7Si.CH4/c1-26(2,3)35(8,9)34-20-12-15(10-11-19(20)29-4)16-13-18(28)25(27)33-22-17(16)14-21(30-5)23(31-6)24(22)32-7;1-26(2,3)34(8,9)33-21-12-16(10-11-20(21)28-4)18-13-17(27)15-32-23-19(18)14-22(29-5)24(30-6)25(23)31-7;/h10-14,25H,1-9H3;10-14H,15H2,1-9H3;1H4. The van der Waals surface area contributed by atoms with E-state index >= 15 is 0 Å². The highest BCUT2D eigenvalue weighted by Gasteiger charge is 2.41. The van der Waals surface area contributed by atoms with Gasteiger partial charge in [-0.1, -0.05) is 61.1 Å². The van der Waals surface area contributed by atoms with Crippen molar-refractivity contribution in [3.8, 4) is 69.0 Å². The molecule has 4 aromatic carbocycles. The van der Waals surface area contributed by atoms with Gasteiger partial charge < -0.3 is 56.2 Å². The van der Waals surface area contributed by atoms with Crippen LogP contribution in [0.15, 0.2) is 60.7 Å². The van der Waals surface area contributed by atoms with E-state index in [4.69, 9.17) is 56.2 Å². The van der Waals surface area contributed by atoms with Gasteiger partial charge >= 0.3 is 0 Å². The molecule has 0 N–H and O–H groups in total. The lowest BCUT2D eigenvalue weighted by molar-refractivity contribution is -0.117. The smallest absolute Gasteiger partial charge is 0.250 e. The lowest BCUT2D eigenvalue weighted by Gasteiger charge is -2.37. The minimum Gasteiger partial charge on any atom is -0.541 e. The van der Waals surface area contributed by atoms with Gasteiger partial charge in [0.1, 0.15) is 11.5 Å². The molecule has 0 fully saturated rings. The van der Waals surface area contributed by atoms with E-state index in [0.29, 0.717) is 91.3 Å². The number of hydrogen-bond donors (Lipinski definition) is 0. The number of ether oxygens (including phenoxy) is 10. The number of hydrogen-bond acceptors (Lipinski definition) is 14. The van der Waals surface area contributed by atoms with Crippen LogP contribution in [0.4, 0.5) is 0 Å². The van der Waals surface area contributed by atoms with E-state index in [1.807, 2.05) is 36.4 Å². The molecule has 0 aromatic heterocycles. The molecule has 2 aliphatic rings. The fourth-order valence-electron chi connectivity index (χ4n) is 6.97. The number of carbonyl (C=O) groups excluding carboxylic acids is 2. The van der Waals surface area contributed by atoms with Crippen LogP contribution in [0.1, 0.15) is 71.2 Å². The topological polar surface area (TPSA) is 145 Å². The monoisotopic (exact) mass is 1070 g/mol. The Balaban J connectivity index is 0.000000300. The molecule has 382 valence electrons. The summed E-state index contributed by atoms with van der Waals surface area (Å²) in [6.45, 7) is 21.7. The van der Waals surface area contributed by atoms with Crippen LogP contribution in [0.25, 0.3) is 11.1 Å². The zero-order valence-electron chi connectivity index (χ0n) is 43.2. The highest BCUT2D eigenvalue weighted by Crippen LogP contribution is 2.53. The first kappa shape index (κ1) is 56.8. The molecule has 0 amide bonds. The van der Waals surface area contributed by atoms with Crippen LogP contribution in [0.5, 0.6) is 69.0 Å². The van der Waals surface area contributed by atoms with Crippen LogP contribution in [-0.4, -0.2) is 96.7 Å². The molecule has 0 saturated carbocycles. The lowest BCUT2D eigenvalue weighted by atomic mass is 9.95. The largest absolute Gasteiger partial charge is 0.541 e. The molecule has 0 spiro atoms. The predicted octanol–water partition coefficient (Wildman–Crippen LogP) is 12.4. The number of fused-ring (bicyclic) bond motifs is 2. The van der Waals surface area contributed by atoms with Crippen LogP contribution in [0, 0.1) is 0 Å². The first-order valence-electron chi connectivity index (χ1n) is 22.2. The Bertz CT molecular complexity index is 2620. The second kappa shape index (κ2) is 22.5. The average Bonchev–Trinajstić information content (AvgIpc) is 3.54. The minimum atomic E-state index is -2.17. The molecule has 4 aromatic rings. The molecule has 0 radical (unpaired) electrons. The number of carbonyl (C=O) groups is 2. The number of methoxy groups -OCH3 is 8. The summed E-state index contributed by atoms with van der Waals surface area (Å²) in [6, 6.07) is 14.9. The Labute approximate surface area is 424 Å². The number of benzene rings is 4. The second-order valence-electron chi connectivity index (χ2n) is 19.2. The Morgan fingerprint density at radius 2 is 0.900 bits per heavy atom. The summed E-state index contributed by atoms with van der Waals surface area (Å²) in [5, 5.41) is -0.901. The molecule has 0 saturated heterocycles. The van der Waals surface area contributed by atoms with Crippen molar-refractivity contribution in [3.63, 3.8) is 0 Å². The van der Waals surface area contributed by atoms with Gasteiger partial charge in [0, 0.05) is 11.1 Å². The highest BCUT2D eigenvalue weighted by atomic mass is 79.9. The third kappa shape index (κ3) is 11.7.